The molecular weight excluding hydrogens is 375 g/mol. The number of unbranched alkanes of at least 4 members (excludes halogenated alkanes) is 5. The van der Waals surface area contributed by atoms with E-state index in [0.29, 0.717) is 24.5 Å². The molecule has 1 aliphatic rings. The Morgan fingerprint density at radius 1 is 1.23 bits per heavy atom. The van der Waals surface area contributed by atoms with Gasteiger partial charge in [0.1, 0.15) is 0 Å². The molecule has 0 aromatic heterocycles. The van der Waals surface area contributed by atoms with Crippen LogP contribution in [0.25, 0.3) is 0 Å². The van der Waals surface area contributed by atoms with Crippen molar-refractivity contribution < 1.29 is 19.4 Å². The fourth-order valence-electron chi connectivity index (χ4n) is 3.46. The van der Waals surface area contributed by atoms with Gasteiger partial charge in [-0.2, -0.15) is 0 Å². The van der Waals surface area contributed by atoms with E-state index >= 15 is 0 Å². The van der Waals surface area contributed by atoms with Crippen LogP contribution in [0, 0.1) is 0 Å². The minimum atomic E-state index is -1.47. The maximum absolute atomic E-state index is 11.7. The van der Waals surface area contributed by atoms with E-state index in [1.54, 1.807) is 6.07 Å². The molecule has 4 nitrogen and oxygen atoms in total. The molecule has 0 saturated carbocycles. The molecule has 1 heterocycles. The van der Waals surface area contributed by atoms with Crippen LogP contribution in [-0.4, -0.2) is 36.5 Å². The number of carbonyl (C=O) groups excluding carboxylic acids is 1. The maximum Gasteiger partial charge on any atom is 0.340 e. The first-order valence-electron chi connectivity index (χ1n) is 9.33. The fraction of sp³-hybridized carbons (Fsp3) is 0.650. The molecule has 0 aliphatic carbocycles. The van der Waals surface area contributed by atoms with Crippen LogP contribution in [0.4, 0.5) is 0 Å². The second kappa shape index (κ2) is 10.5. The zero-order chi connectivity index (χ0) is 19.0. The van der Waals surface area contributed by atoms with Crippen LogP contribution in [-0.2, 0) is 20.7 Å². The van der Waals surface area contributed by atoms with Crippen LogP contribution in [0.1, 0.15) is 56.9 Å². The summed E-state index contributed by atoms with van der Waals surface area (Å²) in [5.41, 5.74) is -0.316. The van der Waals surface area contributed by atoms with Crippen molar-refractivity contribution in [2.75, 3.05) is 13.7 Å². The van der Waals surface area contributed by atoms with Crippen molar-refractivity contribution in [1.29, 1.82) is 0 Å². The molecule has 2 unspecified atom stereocenters. The smallest absolute Gasteiger partial charge is 0.340 e. The third-order valence-electron chi connectivity index (χ3n) is 5.05. The largest absolute Gasteiger partial charge is 0.467 e. The monoisotopic (exact) mass is 402 g/mol. The van der Waals surface area contributed by atoms with E-state index in [1.807, 2.05) is 12.1 Å². The number of ether oxygens (including phenoxy) is 2. The molecule has 6 heteroatoms. The van der Waals surface area contributed by atoms with E-state index in [4.69, 9.17) is 32.7 Å². The van der Waals surface area contributed by atoms with Gasteiger partial charge in [-0.1, -0.05) is 61.4 Å². The Kier molecular flexibility index (Phi) is 8.68. The SMILES string of the molecule is COC(=O)C1(O)CCOC1CCCCCCCCc1ccc(Cl)cc1Cl. The first kappa shape index (κ1) is 21.5. The Morgan fingerprint density at radius 3 is 2.62 bits per heavy atom. The third kappa shape index (κ3) is 5.85. The highest BCUT2D eigenvalue weighted by atomic mass is 35.5. The molecule has 1 aliphatic heterocycles. The molecule has 0 amide bonds. The summed E-state index contributed by atoms with van der Waals surface area (Å²) < 4.78 is 10.2. The first-order chi connectivity index (χ1) is 12.5. The number of rotatable bonds is 10. The summed E-state index contributed by atoms with van der Waals surface area (Å²) in [4.78, 5) is 11.7. The van der Waals surface area contributed by atoms with Gasteiger partial charge >= 0.3 is 5.97 Å². The molecular formula is C20H28Cl2O4. The molecule has 146 valence electrons. The average molecular weight is 403 g/mol. The van der Waals surface area contributed by atoms with Crippen molar-refractivity contribution in [3.05, 3.63) is 33.8 Å². The minimum absolute atomic E-state index is 0.317. The molecule has 0 radical (unpaired) electrons. The van der Waals surface area contributed by atoms with Crippen molar-refractivity contribution >= 4 is 29.2 Å². The van der Waals surface area contributed by atoms with Crippen LogP contribution in [0.2, 0.25) is 10.0 Å². The molecule has 1 N–H and O–H groups in total. The van der Waals surface area contributed by atoms with Crippen molar-refractivity contribution in [3.8, 4) is 0 Å². The standard InChI is InChI=1S/C20H28Cl2O4/c1-25-19(23)20(24)12-13-26-18(20)9-7-5-3-2-4-6-8-15-10-11-16(21)14-17(15)22/h10-11,14,18,24H,2-9,12-13H2,1H3. The van der Waals surface area contributed by atoms with E-state index in [2.05, 4.69) is 0 Å². The van der Waals surface area contributed by atoms with E-state index < -0.39 is 17.7 Å². The fourth-order valence-corrected chi connectivity index (χ4v) is 3.97. The molecule has 1 aromatic rings. The summed E-state index contributed by atoms with van der Waals surface area (Å²) in [5, 5.41) is 11.8. The van der Waals surface area contributed by atoms with Gasteiger partial charge in [0, 0.05) is 16.5 Å². The molecule has 1 aromatic carbocycles. The summed E-state index contributed by atoms with van der Waals surface area (Å²) in [7, 11) is 1.30. The molecule has 1 fully saturated rings. The van der Waals surface area contributed by atoms with E-state index in [9.17, 15) is 9.90 Å². The van der Waals surface area contributed by atoms with Crippen LogP contribution in [0.3, 0.4) is 0 Å². The normalized spacial score (nSPS) is 22.5. The quantitative estimate of drug-likeness (QED) is 0.443. The van der Waals surface area contributed by atoms with Crippen molar-refractivity contribution in [2.24, 2.45) is 0 Å². The Morgan fingerprint density at radius 2 is 1.92 bits per heavy atom. The Balaban J connectivity index is 1.56. The van der Waals surface area contributed by atoms with Crippen molar-refractivity contribution in [2.45, 2.75) is 69.5 Å². The summed E-state index contributed by atoms with van der Waals surface area (Å²) in [6.07, 6.45) is 8.10. The van der Waals surface area contributed by atoms with Gasteiger partial charge in [0.05, 0.1) is 19.8 Å². The van der Waals surface area contributed by atoms with Gasteiger partial charge in [0.15, 0.2) is 5.60 Å². The lowest BCUT2D eigenvalue weighted by Crippen LogP contribution is -2.46. The van der Waals surface area contributed by atoms with Gasteiger partial charge in [-0.25, -0.2) is 4.79 Å². The lowest BCUT2D eigenvalue weighted by molar-refractivity contribution is -0.168. The summed E-state index contributed by atoms with van der Waals surface area (Å²) in [6.45, 7) is 0.406. The second-order valence-electron chi connectivity index (χ2n) is 6.92. The van der Waals surface area contributed by atoms with E-state index in [0.717, 1.165) is 55.5 Å². The predicted octanol–water partition coefficient (Wildman–Crippen LogP) is 4.96. The number of aryl methyl sites for hydroxylation is 1. The zero-order valence-corrected chi connectivity index (χ0v) is 16.8. The number of hydrogen-bond donors (Lipinski definition) is 1. The Bertz CT molecular complexity index is 593. The summed E-state index contributed by atoms with van der Waals surface area (Å²) in [6, 6.07) is 5.66. The number of methoxy groups -OCH3 is 1. The van der Waals surface area contributed by atoms with Crippen LogP contribution < -0.4 is 0 Å². The van der Waals surface area contributed by atoms with Gasteiger partial charge in [-0.05, 0) is 37.0 Å². The number of halogens is 2. The lowest BCUT2D eigenvalue weighted by Gasteiger charge is -2.25. The Hall–Kier alpha value is -0.810. The summed E-state index contributed by atoms with van der Waals surface area (Å²) in [5.74, 6) is -0.583. The van der Waals surface area contributed by atoms with Gasteiger partial charge in [0.2, 0.25) is 0 Å². The number of esters is 1. The first-order valence-corrected chi connectivity index (χ1v) is 10.1. The number of carbonyl (C=O) groups is 1. The zero-order valence-electron chi connectivity index (χ0n) is 15.3. The molecule has 1 saturated heterocycles. The maximum atomic E-state index is 11.7. The molecule has 0 spiro atoms. The highest BCUT2D eigenvalue weighted by molar-refractivity contribution is 6.35. The van der Waals surface area contributed by atoms with E-state index in [1.165, 1.54) is 7.11 Å². The minimum Gasteiger partial charge on any atom is -0.467 e. The van der Waals surface area contributed by atoms with Crippen molar-refractivity contribution in [1.82, 2.24) is 0 Å². The third-order valence-corrected chi connectivity index (χ3v) is 5.64. The number of benzene rings is 1. The molecule has 2 atom stereocenters. The second-order valence-corrected chi connectivity index (χ2v) is 7.76. The van der Waals surface area contributed by atoms with Crippen LogP contribution >= 0.6 is 23.2 Å². The highest BCUT2D eigenvalue weighted by Gasteiger charge is 2.49. The van der Waals surface area contributed by atoms with Crippen LogP contribution in [0.5, 0.6) is 0 Å². The molecule has 26 heavy (non-hydrogen) atoms. The van der Waals surface area contributed by atoms with Gasteiger partial charge in [-0.15, -0.1) is 0 Å². The average Bonchev–Trinajstić information content (AvgIpc) is 3.00. The molecule has 2 rings (SSSR count). The van der Waals surface area contributed by atoms with Gasteiger partial charge in [0.25, 0.3) is 0 Å². The number of hydrogen-bond acceptors (Lipinski definition) is 4. The topological polar surface area (TPSA) is 55.8 Å². The predicted molar refractivity (Wildman–Crippen MR) is 104 cm³/mol. The summed E-state index contributed by atoms with van der Waals surface area (Å²) >= 11 is 12.1. The van der Waals surface area contributed by atoms with Gasteiger partial charge < -0.3 is 14.6 Å². The highest BCUT2D eigenvalue weighted by Crippen LogP contribution is 2.31. The van der Waals surface area contributed by atoms with Crippen LogP contribution in [0.15, 0.2) is 18.2 Å². The lowest BCUT2D eigenvalue weighted by atomic mass is 9.91. The Labute approximate surface area is 165 Å². The van der Waals surface area contributed by atoms with Gasteiger partial charge in [-0.3, -0.25) is 0 Å². The van der Waals surface area contributed by atoms with Crippen molar-refractivity contribution in [3.63, 3.8) is 0 Å². The van der Waals surface area contributed by atoms with E-state index in [-0.39, 0.29) is 0 Å². The molecule has 0 bridgehead atoms. The number of aliphatic hydroxyl groups is 1.